The average Bonchev–Trinajstić information content (AvgIpc) is 2.94. The van der Waals surface area contributed by atoms with Gasteiger partial charge in [0.05, 0.1) is 39.6 Å². The molecule has 0 saturated heterocycles. The van der Waals surface area contributed by atoms with Gasteiger partial charge in [-0.05, 0) is 6.92 Å². The van der Waals surface area contributed by atoms with Crippen molar-refractivity contribution in [1.29, 1.82) is 5.26 Å². The van der Waals surface area contributed by atoms with Gasteiger partial charge in [0.15, 0.2) is 11.7 Å². The minimum absolute atomic E-state index is 0.143. The molecule has 156 valence electrons. The molecule has 0 unspecified atom stereocenters. The van der Waals surface area contributed by atoms with Gasteiger partial charge in [0.25, 0.3) is 0 Å². The van der Waals surface area contributed by atoms with Gasteiger partial charge in [-0.15, -0.1) is 0 Å². The molecule has 0 heterocycles. The van der Waals surface area contributed by atoms with E-state index in [1.165, 1.54) is 13.0 Å². The highest BCUT2D eigenvalue weighted by atomic mass is 16.8. The van der Waals surface area contributed by atoms with Gasteiger partial charge in [-0.1, -0.05) is 0 Å². The predicted octanol–water partition coefficient (Wildman–Crippen LogP) is 1.09. The lowest BCUT2D eigenvalue weighted by Gasteiger charge is -2.12. The van der Waals surface area contributed by atoms with Crippen LogP contribution in [0, 0.1) is 17.2 Å². The van der Waals surface area contributed by atoms with Crippen LogP contribution in [-0.2, 0) is 42.7 Å². The zero-order valence-electron chi connectivity index (χ0n) is 15.6. The number of Topliss-reactive ketones (excluding diaryl/α,β-unsaturated/α-hetero) is 1. The Kier molecular flexibility index (Phi) is 8.16. The summed E-state index contributed by atoms with van der Waals surface area (Å²) in [6.45, 7) is 1.30. The lowest BCUT2D eigenvalue weighted by molar-refractivity contribution is -0.145. The van der Waals surface area contributed by atoms with Gasteiger partial charge < -0.3 is 33.2 Å². The molecule has 0 aliphatic heterocycles. The van der Waals surface area contributed by atoms with Crippen molar-refractivity contribution in [3.63, 3.8) is 0 Å². The van der Waals surface area contributed by atoms with E-state index < -0.39 is 59.0 Å². The first-order chi connectivity index (χ1) is 13.7. The molecule has 0 aromatic heterocycles. The van der Waals surface area contributed by atoms with Crippen molar-refractivity contribution >= 4 is 30.2 Å². The summed E-state index contributed by atoms with van der Waals surface area (Å²) in [5.41, 5.74) is -0.797. The fourth-order valence-electron chi connectivity index (χ4n) is 1.94. The van der Waals surface area contributed by atoms with Crippen LogP contribution in [0.15, 0.2) is 22.9 Å². The summed E-state index contributed by atoms with van der Waals surface area (Å²) in [5.74, 6) is -7.20. The summed E-state index contributed by atoms with van der Waals surface area (Å²) in [7, 11) is 2.76. The first kappa shape index (κ1) is 23.0. The van der Waals surface area contributed by atoms with Gasteiger partial charge >= 0.3 is 24.4 Å². The number of ether oxygens (including phenoxy) is 7. The van der Waals surface area contributed by atoms with Gasteiger partial charge in [-0.25, -0.2) is 14.4 Å². The molecule has 0 aromatic rings. The van der Waals surface area contributed by atoms with Crippen molar-refractivity contribution in [1.82, 2.24) is 0 Å². The molecule has 29 heavy (non-hydrogen) atoms. The molecule has 0 saturated carbocycles. The maximum absolute atomic E-state index is 12.8. The molecule has 0 bridgehead atoms. The van der Waals surface area contributed by atoms with E-state index in [2.05, 4.69) is 18.9 Å². The highest BCUT2D eigenvalue weighted by Gasteiger charge is 2.47. The summed E-state index contributed by atoms with van der Waals surface area (Å²) < 4.78 is 31.7. The zero-order valence-corrected chi connectivity index (χ0v) is 15.6. The van der Waals surface area contributed by atoms with E-state index in [1.807, 2.05) is 0 Å². The van der Waals surface area contributed by atoms with Crippen LogP contribution in [0.4, 0.5) is 14.4 Å². The summed E-state index contributed by atoms with van der Waals surface area (Å²) >= 11 is 0. The minimum Gasteiger partial charge on any atom is -0.465 e. The minimum atomic E-state index is -1.93. The standard InChI is InChI=1S/C16H15NO12/c1-5-26-13(19)7(6-17)8-9(18)11(28-15(21)24-3)12(29-16(22)25-4)10(8)27-14(20)23-2/h7H,5H2,1-4H3/t7-/m0/s1. The number of ketones is 1. The fourth-order valence-corrected chi connectivity index (χ4v) is 1.94. The first-order valence-corrected chi connectivity index (χ1v) is 7.62. The summed E-state index contributed by atoms with van der Waals surface area (Å²) in [6, 6.07) is 1.50. The molecule has 13 heteroatoms. The van der Waals surface area contributed by atoms with Crippen LogP contribution < -0.4 is 0 Å². The van der Waals surface area contributed by atoms with Crippen molar-refractivity contribution < 1.29 is 57.1 Å². The van der Waals surface area contributed by atoms with Gasteiger partial charge in [-0.3, -0.25) is 9.59 Å². The SMILES string of the molecule is CCOC(=O)[C@@H](C#N)C1=C(OC(=O)OC)C(OC(=O)OC)=C(OC(=O)OC)C1=O. The molecule has 0 aromatic carbocycles. The van der Waals surface area contributed by atoms with Crippen LogP contribution in [0.1, 0.15) is 6.92 Å². The number of esters is 1. The second-order valence-electron chi connectivity index (χ2n) is 4.71. The Morgan fingerprint density at radius 3 is 1.72 bits per heavy atom. The molecule has 0 N–H and O–H groups in total. The van der Waals surface area contributed by atoms with E-state index >= 15 is 0 Å². The van der Waals surface area contributed by atoms with Crippen LogP contribution in [0.2, 0.25) is 0 Å². The fraction of sp³-hybridized carbons (Fsp3) is 0.375. The largest absolute Gasteiger partial charge is 0.513 e. The molecule has 1 aliphatic rings. The van der Waals surface area contributed by atoms with Gasteiger partial charge in [0.2, 0.25) is 17.3 Å². The maximum atomic E-state index is 12.8. The van der Waals surface area contributed by atoms with Crippen LogP contribution in [0.5, 0.6) is 0 Å². The second kappa shape index (κ2) is 10.3. The Morgan fingerprint density at radius 1 is 0.862 bits per heavy atom. The van der Waals surface area contributed by atoms with Crippen LogP contribution in [0.25, 0.3) is 0 Å². The Bertz CT molecular complexity index is 831. The van der Waals surface area contributed by atoms with E-state index in [4.69, 9.17) is 14.2 Å². The van der Waals surface area contributed by atoms with Crippen molar-refractivity contribution in [3.8, 4) is 6.07 Å². The molecule has 1 rings (SSSR count). The number of carbonyl (C=O) groups is 5. The quantitative estimate of drug-likeness (QED) is 0.447. The van der Waals surface area contributed by atoms with Gasteiger partial charge in [0, 0.05) is 0 Å². The molecular formula is C16H15NO12. The Morgan fingerprint density at radius 2 is 1.31 bits per heavy atom. The normalized spacial score (nSPS) is 13.8. The molecule has 0 radical (unpaired) electrons. The third-order valence-corrected chi connectivity index (χ3v) is 3.10. The number of methoxy groups -OCH3 is 3. The van der Waals surface area contributed by atoms with E-state index in [0.29, 0.717) is 0 Å². The summed E-state index contributed by atoms with van der Waals surface area (Å²) in [6.07, 6.45) is -4.23. The average molecular weight is 413 g/mol. The highest BCUT2D eigenvalue weighted by molar-refractivity contribution is 6.15. The number of nitriles is 1. The predicted molar refractivity (Wildman–Crippen MR) is 85.3 cm³/mol. The zero-order chi connectivity index (χ0) is 22.1. The van der Waals surface area contributed by atoms with E-state index in [-0.39, 0.29) is 6.61 Å². The van der Waals surface area contributed by atoms with E-state index in [9.17, 15) is 29.2 Å². The topological polar surface area (TPSA) is 174 Å². The van der Waals surface area contributed by atoms with Crippen molar-refractivity contribution in [2.75, 3.05) is 27.9 Å². The molecule has 0 amide bonds. The number of carbonyl (C=O) groups excluding carboxylic acids is 5. The number of rotatable bonds is 6. The van der Waals surface area contributed by atoms with Crippen LogP contribution >= 0.6 is 0 Å². The van der Waals surface area contributed by atoms with Crippen LogP contribution in [0.3, 0.4) is 0 Å². The van der Waals surface area contributed by atoms with Crippen molar-refractivity contribution in [2.45, 2.75) is 6.92 Å². The Labute approximate surface area is 163 Å². The number of nitrogens with zero attached hydrogens (tertiary/aromatic N) is 1. The third kappa shape index (κ3) is 5.22. The van der Waals surface area contributed by atoms with Crippen molar-refractivity contribution in [3.05, 3.63) is 22.9 Å². The van der Waals surface area contributed by atoms with E-state index in [0.717, 1.165) is 21.3 Å². The molecular weight excluding hydrogens is 398 g/mol. The van der Waals surface area contributed by atoms with Crippen molar-refractivity contribution in [2.24, 2.45) is 5.92 Å². The molecule has 1 aliphatic carbocycles. The first-order valence-electron chi connectivity index (χ1n) is 7.62. The molecule has 0 fully saturated rings. The third-order valence-electron chi connectivity index (χ3n) is 3.10. The summed E-state index contributed by atoms with van der Waals surface area (Å²) in [4.78, 5) is 59.5. The second-order valence-corrected chi connectivity index (χ2v) is 4.71. The Hall–Kier alpha value is -4.08. The van der Waals surface area contributed by atoms with Gasteiger partial charge in [-0.2, -0.15) is 5.26 Å². The van der Waals surface area contributed by atoms with Crippen LogP contribution in [-0.4, -0.2) is 58.2 Å². The Balaban J connectivity index is 3.66. The number of allylic oxidation sites excluding steroid dienone is 1. The highest BCUT2D eigenvalue weighted by Crippen LogP contribution is 2.37. The summed E-state index contributed by atoms with van der Waals surface area (Å²) in [5, 5.41) is 9.35. The lowest BCUT2D eigenvalue weighted by atomic mass is 9.98. The van der Waals surface area contributed by atoms with Gasteiger partial charge in [0.1, 0.15) is 0 Å². The molecule has 0 spiro atoms. The smallest absolute Gasteiger partial charge is 0.465 e. The lowest BCUT2D eigenvalue weighted by Crippen LogP contribution is -2.24. The number of hydrogen-bond acceptors (Lipinski definition) is 13. The molecule has 13 nitrogen and oxygen atoms in total. The van der Waals surface area contributed by atoms with E-state index in [1.54, 1.807) is 0 Å². The number of hydrogen-bond donors (Lipinski definition) is 0. The maximum Gasteiger partial charge on any atom is 0.513 e. The molecule has 1 atom stereocenters. The monoisotopic (exact) mass is 413 g/mol.